The van der Waals surface area contributed by atoms with Crippen LogP contribution in [0.5, 0.6) is 0 Å². The Hall–Kier alpha value is -1.64. The number of aliphatic hydroxyl groups excluding tert-OH is 1. The molecule has 0 heterocycles. The molecule has 5 N–H and O–H groups in total. The van der Waals surface area contributed by atoms with E-state index in [4.69, 9.17) is 15.9 Å². The van der Waals surface area contributed by atoms with Gasteiger partial charge in [0.15, 0.2) is 0 Å². The molecule has 1 aromatic rings. The molecule has 19 heavy (non-hydrogen) atoms. The Bertz CT molecular complexity index is 566. The Morgan fingerprint density at radius 2 is 2.11 bits per heavy atom. The third-order valence-corrected chi connectivity index (χ3v) is 4.14. The first-order valence-electron chi connectivity index (χ1n) is 5.57. The third-order valence-electron chi connectivity index (χ3n) is 2.56. The number of aromatic carboxylic acids is 1. The van der Waals surface area contributed by atoms with Gasteiger partial charge in [0.25, 0.3) is 0 Å². The van der Waals surface area contributed by atoms with Gasteiger partial charge >= 0.3 is 5.97 Å². The number of carboxylic acids is 1. The van der Waals surface area contributed by atoms with Crippen molar-refractivity contribution in [3.05, 3.63) is 23.8 Å². The van der Waals surface area contributed by atoms with Gasteiger partial charge in [0.2, 0.25) is 10.0 Å². The van der Waals surface area contributed by atoms with E-state index >= 15 is 0 Å². The highest BCUT2D eigenvalue weighted by Crippen LogP contribution is 2.19. The highest BCUT2D eigenvalue weighted by atomic mass is 32.2. The van der Waals surface area contributed by atoms with Crippen molar-refractivity contribution in [3.63, 3.8) is 0 Å². The van der Waals surface area contributed by atoms with Gasteiger partial charge in [-0.3, -0.25) is 0 Å². The number of hydrogen-bond donors (Lipinski definition) is 4. The predicted octanol–water partition coefficient (Wildman–Crippen LogP) is 0.0162. The van der Waals surface area contributed by atoms with Gasteiger partial charge in [-0.15, -0.1) is 0 Å². The van der Waals surface area contributed by atoms with Crippen molar-refractivity contribution in [2.45, 2.75) is 24.3 Å². The molecule has 0 aliphatic carbocycles. The minimum absolute atomic E-state index is 0.158. The number of nitrogen functional groups attached to an aromatic ring is 1. The second-order valence-corrected chi connectivity index (χ2v) is 5.65. The standard InChI is InChI=1S/C11H16N2O5S/c1-2-8(6-14)13-19(17,18)10-4-3-7(12)5-9(10)11(15)16/h3-5,8,13-14H,2,6,12H2,1H3,(H,15,16). The molecule has 0 saturated carbocycles. The maximum absolute atomic E-state index is 12.1. The van der Waals surface area contributed by atoms with Crippen LogP contribution in [-0.2, 0) is 10.0 Å². The lowest BCUT2D eigenvalue weighted by atomic mass is 10.2. The summed E-state index contributed by atoms with van der Waals surface area (Å²) in [6.07, 6.45) is 0.382. The van der Waals surface area contributed by atoms with E-state index < -0.39 is 27.6 Å². The molecule has 1 aromatic carbocycles. The van der Waals surface area contributed by atoms with Crippen molar-refractivity contribution < 1.29 is 23.4 Å². The monoisotopic (exact) mass is 288 g/mol. The van der Waals surface area contributed by atoms with E-state index in [-0.39, 0.29) is 17.2 Å². The quantitative estimate of drug-likeness (QED) is 0.546. The fraction of sp³-hybridized carbons (Fsp3) is 0.364. The summed E-state index contributed by atoms with van der Waals surface area (Å²) in [7, 11) is -4.02. The highest BCUT2D eigenvalue weighted by Gasteiger charge is 2.24. The molecular weight excluding hydrogens is 272 g/mol. The SMILES string of the molecule is CCC(CO)NS(=O)(=O)c1ccc(N)cc1C(=O)O. The van der Waals surface area contributed by atoms with Gasteiger partial charge in [0, 0.05) is 11.7 Å². The number of nitrogens with two attached hydrogens (primary N) is 1. The molecule has 106 valence electrons. The summed E-state index contributed by atoms with van der Waals surface area (Å²) >= 11 is 0. The zero-order valence-electron chi connectivity index (χ0n) is 10.3. The van der Waals surface area contributed by atoms with E-state index in [0.717, 1.165) is 12.1 Å². The summed E-state index contributed by atoms with van der Waals surface area (Å²) in [5.41, 5.74) is 5.20. The van der Waals surface area contributed by atoms with Crippen LogP contribution in [0.4, 0.5) is 5.69 Å². The van der Waals surface area contributed by atoms with E-state index in [0.29, 0.717) is 6.42 Å². The van der Waals surface area contributed by atoms with Crippen molar-refractivity contribution in [3.8, 4) is 0 Å². The summed E-state index contributed by atoms with van der Waals surface area (Å²) in [5, 5.41) is 18.0. The first-order chi connectivity index (χ1) is 8.81. The first-order valence-corrected chi connectivity index (χ1v) is 7.06. The van der Waals surface area contributed by atoms with Crippen LogP contribution in [0, 0.1) is 0 Å². The molecular formula is C11H16N2O5S. The lowest BCUT2D eigenvalue weighted by Gasteiger charge is -2.15. The topological polar surface area (TPSA) is 130 Å². The second-order valence-electron chi connectivity index (χ2n) is 3.97. The van der Waals surface area contributed by atoms with Gasteiger partial charge in [0.05, 0.1) is 17.1 Å². The predicted molar refractivity (Wildman–Crippen MR) is 69.3 cm³/mol. The Balaban J connectivity index is 3.25. The number of rotatable bonds is 6. The molecule has 1 atom stereocenters. The Morgan fingerprint density at radius 3 is 2.58 bits per heavy atom. The zero-order valence-corrected chi connectivity index (χ0v) is 11.1. The summed E-state index contributed by atoms with van der Waals surface area (Å²) in [6.45, 7) is 1.33. The lowest BCUT2D eigenvalue weighted by Crippen LogP contribution is -2.37. The van der Waals surface area contributed by atoms with Crippen molar-refractivity contribution >= 4 is 21.7 Å². The number of carboxylic acid groups (broad SMARTS) is 1. The molecule has 0 bridgehead atoms. The fourth-order valence-electron chi connectivity index (χ4n) is 1.48. The van der Waals surface area contributed by atoms with Crippen LogP contribution >= 0.6 is 0 Å². The minimum Gasteiger partial charge on any atom is -0.478 e. The first kappa shape index (κ1) is 15.4. The van der Waals surface area contributed by atoms with Crippen molar-refractivity contribution in [2.24, 2.45) is 0 Å². The van der Waals surface area contributed by atoms with E-state index in [1.807, 2.05) is 0 Å². The van der Waals surface area contributed by atoms with Gasteiger partial charge in [-0.2, -0.15) is 0 Å². The highest BCUT2D eigenvalue weighted by molar-refractivity contribution is 7.89. The maximum atomic E-state index is 12.1. The molecule has 0 amide bonds. The number of anilines is 1. The molecule has 7 nitrogen and oxygen atoms in total. The van der Waals surface area contributed by atoms with Crippen LogP contribution in [0.2, 0.25) is 0 Å². The van der Waals surface area contributed by atoms with E-state index in [9.17, 15) is 13.2 Å². The Kier molecular flexibility index (Phi) is 4.87. The number of aliphatic hydroxyl groups is 1. The van der Waals surface area contributed by atoms with E-state index in [1.165, 1.54) is 6.07 Å². The van der Waals surface area contributed by atoms with Crippen molar-refractivity contribution in [1.29, 1.82) is 0 Å². The average molecular weight is 288 g/mol. The molecule has 0 aliphatic rings. The minimum atomic E-state index is -4.02. The Labute approximate surface area is 111 Å². The molecule has 1 unspecified atom stereocenters. The summed E-state index contributed by atoms with van der Waals surface area (Å²) in [5.74, 6) is -1.38. The molecule has 0 aromatic heterocycles. The number of hydrogen-bond acceptors (Lipinski definition) is 5. The fourth-order valence-corrected chi connectivity index (χ4v) is 2.97. The van der Waals surface area contributed by atoms with Gasteiger partial charge < -0.3 is 15.9 Å². The maximum Gasteiger partial charge on any atom is 0.337 e. The number of carbonyl (C=O) groups is 1. The number of nitrogens with one attached hydrogen (secondary N) is 1. The van der Waals surface area contributed by atoms with Crippen LogP contribution in [0.25, 0.3) is 0 Å². The second kappa shape index (κ2) is 6.00. The Morgan fingerprint density at radius 1 is 1.47 bits per heavy atom. The van der Waals surface area contributed by atoms with Gasteiger partial charge in [-0.05, 0) is 24.6 Å². The smallest absolute Gasteiger partial charge is 0.337 e. The molecule has 0 saturated heterocycles. The number of benzene rings is 1. The van der Waals surface area contributed by atoms with Gasteiger partial charge in [-0.25, -0.2) is 17.9 Å². The molecule has 0 spiro atoms. The van der Waals surface area contributed by atoms with E-state index in [2.05, 4.69) is 4.72 Å². The van der Waals surface area contributed by atoms with E-state index in [1.54, 1.807) is 6.92 Å². The summed E-state index contributed by atoms with van der Waals surface area (Å²) in [6, 6.07) is 2.85. The molecule has 1 rings (SSSR count). The zero-order chi connectivity index (χ0) is 14.6. The lowest BCUT2D eigenvalue weighted by molar-refractivity contribution is 0.0692. The van der Waals surface area contributed by atoms with Crippen LogP contribution in [0.1, 0.15) is 23.7 Å². The van der Waals surface area contributed by atoms with Crippen molar-refractivity contribution in [2.75, 3.05) is 12.3 Å². The van der Waals surface area contributed by atoms with Gasteiger partial charge in [0.1, 0.15) is 0 Å². The van der Waals surface area contributed by atoms with Crippen molar-refractivity contribution in [1.82, 2.24) is 4.72 Å². The molecule has 0 aliphatic heterocycles. The molecule has 0 radical (unpaired) electrons. The molecule has 0 fully saturated rings. The van der Waals surface area contributed by atoms with Gasteiger partial charge in [-0.1, -0.05) is 6.92 Å². The normalized spacial score (nSPS) is 13.2. The molecule has 8 heteroatoms. The third kappa shape index (κ3) is 3.66. The number of sulfonamides is 1. The van der Waals surface area contributed by atoms with Crippen LogP contribution in [0.15, 0.2) is 23.1 Å². The van der Waals surface area contributed by atoms with Crippen LogP contribution in [-0.4, -0.2) is 37.2 Å². The average Bonchev–Trinajstić information content (AvgIpc) is 2.35. The summed E-state index contributed by atoms with van der Waals surface area (Å²) in [4.78, 5) is 10.7. The van der Waals surface area contributed by atoms with Crippen LogP contribution < -0.4 is 10.5 Å². The largest absolute Gasteiger partial charge is 0.478 e. The summed E-state index contributed by atoms with van der Waals surface area (Å²) < 4.78 is 26.4. The van der Waals surface area contributed by atoms with Crippen LogP contribution in [0.3, 0.4) is 0 Å².